The fourth-order valence-electron chi connectivity index (χ4n) is 4.23. The van der Waals surface area contributed by atoms with Crippen molar-refractivity contribution in [3.05, 3.63) is 72.0 Å². The van der Waals surface area contributed by atoms with Gasteiger partial charge in [0, 0.05) is 35.1 Å². The highest BCUT2D eigenvalue weighted by Gasteiger charge is 2.44. The fraction of sp³-hybridized carbons (Fsp3) is 0.269. The molecule has 0 unspecified atom stereocenters. The number of nitrogens with zero attached hydrogens (tertiary/aromatic N) is 4. The molecule has 0 saturated heterocycles. The molecule has 5 heteroatoms. The summed E-state index contributed by atoms with van der Waals surface area (Å²) in [5.74, 6) is 0. The third-order valence-electron chi connectivity index (χ3n) is 6.40. The normalized spacial score (nSPS) is 17.2. The van der Waals surface area contributed by atoms with E-state index in [9.17, 15) is 10.5 Å². The Kier molecular flexibility index (Phi) is 4.24. The second-order valence-electron chi connectivity index (χ2n) is 8.88. The third-order valence-corrected chi connectivity index (χ3v) is 6.40. The number of pyridine rings is 1. The number of nitrogens with one attached hydrogen (secondary N) is 1. The lowest BCUT2D eigenvalue weighted by atomic mass is 9.96. The smallest absolute Gasteiger partial charge is 0.137 e. The summed E-state index contributed by atoms with van der Waals surface area (Å²) in [6, 6.07) is 17.4. The Labute approximate surface area is 181 Å². The van der Waals surface area contributed by atoms with E-state index in [1.165, 1.54) is 0 Å². The van der Waals surface area contributed by atoms with E-state index < -0.39 is 5.54 Å². The van der Waals surface area contributed by atoms with Gasteiger partial charge in [-0.05, 0) is 56.0 Å². The molecule has 1 aliphatic heterocycles. The summed E-state index contributed by atoms with van der Waals surface area (Å²) < 4.78 is 0. The number of hydrogen-bond donors (Lipinski definition) is 1. The lowest BCUT2D eigenvalue weighted by molar-refractivity contribution is 0.284. The molecule has 152 valence electrons. The van der Waals surface area contributed by atoms with Gasteiger partial charge in [0.2, 0.25) is 0 Å². The minimum atomic E-state index is -0.612. The zero-order valence-corrected chi connectivity index (χ0v) is 17.7. The molecule has 0 bridgehead atoms. The van der Waals surface area contributed by atoms with Crippen molar-refractivity contribution in [1.82, 2.24) is 14.9 Å². The van der Waals surface area contributed by atoms with E-state index in [1.807, 2.05) is 32.2 Å². The summed E-state index contributed by atoms with van der Waals surface area (Å²) in [4.78, 5) is 10.2. The molecule has 3 heterocycles. The number of hydrogen-bond acceptors (Lipinski definition) is 4. The lowest BCUT2D eigenvalue weighted by Gasteiger charge is -2.37. The highest BCUT2D eigenvalue weighted by atomic mass is 15.2. The summed E-state index contributed by atoms with van der Waals surface area (Å²) >= 11 is 0. The molecule has 1 saturated carbocycles. The summed E-state index contributed by atoms with van der Waals surface area (Å²) in [5, 5.41) is 20.1. The molecule has 3 aromatic rings. The van der Waals surface area contributed by atoms with Crippen LogP contribution in [0.25, 0.3) is 28.0 Å². The number of aromatic amines is 1. The van der Waals surface area contributed by atoms with Crippen LogP contribution in [-0.2, 0) is 5.41 Å². The summed E-state index contributed by atoms with van der Waals surface area (Å²) in [5.41, 5.74) is 5.13. The van der Waals surface area contributed by atoms with Crippen molar-refractivity contribution < 1.29 is 0 Å². The van der Waals surface area contributed by atoms with Gasteiger partial charge in [0.05, 0.1) is 17.6 Å². The van der Waals surface area contributed by atoms with Crippen LogP contribution in [0.15, 0.2) is 60.8 Å². The number of fused-ring (bicyclic) bond motifs is 1. The molecule has 31 heavy (non-hydrogen) atoms. The van der Waals surface area contributed by atoms with E-state index in [4.69, 9.17) is 0 Å². The largest absolute Gasteiger partial charge is 0.349 e. The summed E-state index contributed by atoms with van der Waals surface area (Å²) in [6.45, 7) is 4.56. The molecular weight excluding hydrogens is 382 g/mol. The van der Waals surface area contributed by atoms with E-state index >= 15 is 0 Å². The van der Waals surface area contributed by atoms with Gasteiger partial charge in [0.15, 0.2) is 0 Å². The van der Waals surface area contributed by atoms with Crippen LogP contribution >= 0.6 is 0 Å². The maximum atomic E-state index is 9.62. The van der Waals surface area contributed by atoms with Gasteiger partial charge < -0.3 is 9.88 Å². The van der Waals surface area contributed by atoms with E-state index in [-0.39, 0.29) is 5.41 Å². The monoisotopic (exact) mass is 405 g/mol. The molecule has 2 aromatic heterocycles. The molecule has 1 aromatic carbocycles. The highest BCUT2D eigenvalue weighted by molar-refractivity contribution is 5.86. The summed E-state index contributed by atoms with van der Waals surface area (Å²) in [6.07, 6.45) is 9.90. The molecule has 2 aliphatic rings. The average molecular weight is 406 g/mol. The van der Waals surface area contributed by atoms with Gasteiger partial charge in [-0.3, -0.25) is 0 Å². The van der Waals surface area contributed by atoms with Gasteiger partial charge >= 0.3 is 0 Å². The molecule has 1 fully saturated rings. The van der Waals surface area contributed by atoms with Crippen LogP contribution in [0.4, 0.5) is 0 Å². The predicted molar refractivity (Wildman–Crippen MR) is 122 cm³/mol. The standard InChI is InChI=1S/C26H23N5/c1-25(2,16-27)31-12-4-3-5-23(31)20-13-19-14-22(30-24(19)29-15-20)18-6-8-21(9-7-18)26(17-28)10-11-26/h3-9,13-15H,10-12H2,1-2H3,(H,29,30). The Hall–Kier alpha value is -3.83. The van der Waals surface area contributed by atoms with E-state index in [1.54, 1.807) is 0 Å². The topological polar surface area (TPSA) is 79.5 Å². The zero-order chi connectivity index (χ0) is 21.6. The van der Waals surface area contributed by atoms with Gasteiger partial charge in [-0.25, -0.2) is 4.98 Å². The summed E-state index contributed by atoms with van der Waals surface area (Å²) in [7, 11) is 0. The second kappa shape index (κ2) is 6.86. The van der Waals surface area contributed by atoms with E-state index in [0.29, 0.717) is 6.54 Å². The van der Waals surface area contributed by atoms with Crippen LogP contribution < -0.4 is 0 Å². The first-order valence-corrected chi connectivity index (χ1v) is 10.5. The van der Waals surface area contributed by atoms with E-state index in [0.717, 1.165) is 52.0 Å². The van der Waals surface area contributed by atoms with Crippen molar-refractivity contribution in [2.45, 2.75) is 37.6 Å². The Morgan fingerprint density at radius 2 is 1.87 bits per heavy atom. The van der Waals surface area contributed by atoms with Gasteiger partial charge in [-0.15, -0.1) is 0 Å². The predicted octanol–water partition coefficient (Wildman–Crippen LogP) is 5.30. The molecule has 5 rings (SSSR count). The molecule has 0 radical (unpaired) electrons. The first-order valence-electron chi connectivity index (χ1n) is 10.5. The number of nitriles is 2. The number of allylic oxidation sites excluding steroid dienone is 2. The van der Waals surface area contributed by atoms with Crippen LogP contribution in [0.5, 0.6) is 0 Å². The van der Waals surface area contributed by atoms with Crippen LogP contribution in [0.1, 0.15) is 37.8 Å². The first-order chi connectivity index (χ1) is 15.0. The van der Waals surface area contributed by atoms with Crippen LogP contribution in [0, 0.1) is 22.7 Å². The molecule has 0 amide bonds. The third kappa shape index (κ3) is 3.20. The van der Waals surface area contributed by atoms with Crippen LogP contribution in [-0.4, -0.2) is 27.0 Å². The van der Waals surface area contributed by atoms with Crippen LogP contribution in [0.3, 0.4) is 0 Å². The molecule has 1 N–H and O–H groups in total. The lowest BCUT2D eigenvalue weighted by Crippen LogP contribution is -2.42. The van der Waals surface area contributed by atoms with Crippen molar-refractivity contribution in [1.29, 1.82) is 10.5 Å². The maximum absolute atomic E-state index is 9.62. The maximum Gasteiger partial charge on any atom is 0.137 e. The van der Waals surface area contributed by atoms with E-state index in [2.05, 4.69) is 69.5 Å². The average Bonchev–Trinajstić information content (AvgIpc) is 3.50. The van der Waals surface area contributed by atoms with Gasteiger partial charge in [-0.1, -0.05) is 36.4 Å². The van der Waals surface area contributed by atoms with Gasteiger partial charge in [-0.2, -0.15) is 10.5 Å². The number of rotatable bonds is 4. The highest BCUT2D eigenvalue weighted by Crippen LogP contribution is 2.47. The Morgan fingerprint density at radius 1 is 1.10 bits per heavy atom. The van der Waals surface area contributed by atoms with Crippen molar-refractivity contribution in [2.75, 3.05) is 6.54 Å². The van der Waals surface area contributed by atoms with Gasteiger partial charge in [0.1, 0.15) is 11.2 Å². The minimum Gasteiger partial charge on any atom is -0.349 e. The minimum absolute atomic E-state index is 0.263. The zero-order valence-electron chi connectivity index (χ0n) is 17.7. The Bertz CT molecular complexity index is 1300. The fourth-order valence-corrected chi connectivity index (χ4v) is 4.23. The second-order valence-corrected chi connectivity index (χ2v) is 8.88. The molecular formula is C26H23N5. The van der Waals surface area contributed by atoms with Crippen molar-refractivity contribution in [2.24, 2.45) is 0 Å². The number of aromatic nitrogens is 2. The Balaban J connectivity index is 1.48. The first kappa shape index (κ1) is 19.2. The van der Waals surface area contributed by atoms with Crippen molar-refractivity contribution in [3.63, 3.8) is 0 Å². The van der Waals surface area contributed by atoms with Crippen LogP contribution in [0.2, 0.25) is 0 Å². The van der Waals surface area contributed by atoms with Gasteiger partial charge in [0.25, 0.3) is 0 Å². The van der Waals surface area contributed by atoms with Crippen molar-refractivity contribution in [3.8, 4) is 23.4 Å². The molecule has 0 atom stereocenters. The SMILES string of the molecule is CC(C)(C#N)N1CC=CC=C1c1cnc2[nH]c(-c3ccc(C4(C#N)CC4)cc3)cc2c1. The molecule has 5 nitrogen and oxygen atoms in total. The number of H-pyrrole nitrogens is 1. The quantitative estimate of drug-likeness (QED) is 0.639. The Morgan fingerprint density at radius 3 is 2.55 bits per heavy atom. The molecule has 0 spiro atoms. The number of benzene rings is 1. The van der Waals surface area contributed by atoms with Crippen molar-refractivity contribution >= 4 is 16.7 Å². The molecule has 1 aliphatic carbocycles.